The molecule has 0 aliphatic carbocycles. The van der Waals surface area contributed by atoms with Crippen LogP contribution in [0.1, 0.15) is 0 Å². The van der Waals surface area contributed by atoms with Crippen LogP contribution in [0.4, 0.5) is 5.13 Å². The highest BCUT2D eigenvalue weighted by Crippen LogP contribution is 2.31. The molecule has 16 heavy (non-hydrogen) atoms. The van der Waals surface area contributed by atoms with Crippen LogP contribution in [0.3, 0.4) is 0 Å². The molecule has 5 heteroatoms. The molecule has 2 aromatic rings. The van der Waals surface area contributed by atoms with Crippen molar-refractivity contribution < 1.29 is 0 Å². The first-order valence-corrected chi connectivity index (χ1v) is 6.30. The fraction of sp³-hybridized carbons (Fsp3) is 0.364. The summed E-state index contributed by atoms with van der Waals surface area (Å²) in [4.78, 5) is 6.61. The van der Waals surface area contributed by atoms with Gasteiger partial charge in [0.25, 0.3) is 0 Å². The Bertz CT molecular complexity index is 481. The molecule has 0 unspecified atom stereocenters. The number of benzene rings is 1. The molecule has 1 aromatic heterocycles. The lowest BCUT2D eigenvalue weighted by molar-refractivity contribution is 0.425. The minimum absolute atomic E-state index is 0.774. The second-order valence-electron chi connectivity index (χ2n) is 3.84. The van der Waals surface area contributed by atoms with Crippen molar-refractivity contribution in [1.82, 2.24) is 9.88 Å². The summed E-state index contributed by atoms with van der Waals surface area (Å²) in [6.45, 7) is 1.88. The fourth-order valence-electron chi connectivity index (χ4n) is 1.38. The lowest BCUT2D eigenvalue weighted by Crippen LogP contribution is -2.20. The second kappa shape index (κ2) is 4.99. The lowest BCUT2D eigenvalue weighted by atomic mass is 10.3. The van der Waals surface area contributed by atoms with Gasteiger partial charge in [-0.25, -0.2) is 4.98 Å². The number of nitrogens with zero attached hydrogens (tertiary/aromatic N) is 2. The average Bonchev–Trinajstić information content (AvgIpc) is 2.61. The summed E-state index contributed by atoms with van der Waals surface area (Å²) in [6, 6.07) is 5.80. The van der Waals surface area contributed by atoms with Gasteiger partial charge in [0, 0.05) is 13.1 Å². The summed E-state index contributed by atoms with van der Waals surface area (Å²) < 4.78 is 1.05. The zero-order valence-electron chi connectivity index (χ0n) is 9.33. The van der Waals surface area contributed by atoms with Crippen LogP contribution in [0.2, 0.25) is 5.02 Å². The van der Waals surface area contributed by atoms with Crippen LogP contribution >= 0.6 is 22.9 Å². The summed E-state index contributed by atoms with van der Waals surface area (Å²) >= 11 is 7.69. The number of hydrogen-bond donors (Lipinski definition) is 1. The van der Waals surface area contributed by atoms with Crippen molar-refractivity contribution in [3.63, 3.8) is 0 Å². The zero-order valence-corrected chi connectivity index (χ0v) is 10.9. The van der Waals surface area contributed by atoms with Crippen molar-refractivity contribution in [2.24, 2.45) is 0 Å². The first-order chi connectivity index (χ1) is 7.66. The number of rotatable bonds is 4. The molecule has 0 fully saturated rings. The third-order valence-corrected chi connectivity index (χ3v) is 3.69. The molecule has 86 valence electrons. The van der Waals surface area contributed by atoms with Gasteiger partial charge in [0.1, 0.15) is 0 Å². The Morgan fingerprint density at radius 2 is 2.25 bits per heavy atom. The number of likely N-dealkylation sites (N-methyl/N-ethyl adjacent to an activating group) is 1. The van der Waals surface area contributed by atoms with Gasteiger partial charge in [0.2, 0.25) is 0 Å². The number of nitrogens with one attached hydrogen (secondary N) is 1. The van der Waals surface area contributed by atoms with Crippen LogP contribution < -0.4 is 5.32 Å². The largest absolute Gasteiger partial charge is 0.360 e. The molecule has 3 nitrogen and oxygen atoms in total. The van der Waals surface area contributed by atoms with Crippen molar-refractivity contribution in [1.29, 1.82) is 0 Å². The Kier molecular flexibility index (Phi) is 3.63. The number of fused-ring (bicyclic) bond motifs is 1. The van der Waals surface area contributed by atoms with E-state index in [2.05, 4.69) is 29.3 Å². The minimum atomic E-state index is 0.774. The third kappa shape index (κ3) is 2.64. The molecule has 0 saturated heterocycles. The molecule has 2 rings (SSSR count). The molecule has 1 aromatic carbocycles. The second-order valence-corrected chi connectivity index (χ2v) is 5.24. The first kappa shape index (κ1) is 11.6. The fourth-order valence-corrected chi connectivity index (χ4v) is 2.56. The standard InChI is InChI=1S/C11H14ClN3S/c1-15(2)7-6-13-11-14-9-5-3-4-8(12)10(9)16-11/h3-5H,6-7H2,1-2H3,(H,13,14). The Morgan fingerprint density at radius 1 is 1.44 bits per heavy atom. The SMILES string of the molecule is CN(C)CCNc1nc2cccc(Cl)c2s1. The van der Waals surface area contributed by atoms with Gasteiger partial charge in [-0.1, -0.05) is 29.0 Å². The lowest BCUT2D eigenvalue weighted by Gasteiger charge is -2.08. The van der Waals surface area contributed by atoms with Gasteiger partial charge in [-0.15, -0.1) is 0 Å². The van der Waals surface area contributed by atoms with Gasteiger partial charge in [-0.2, -0.15) is 0 Å². The molecule has 0 atom stereocenters. The summed E-state index contributed by atoms with van der Waals surface area (Å²) in [6.07, 6.45) is 0. The minimum Gasteiger partial charge on any atom is -0.360 e. The highest BCUT2D eigenvalue weighted by molar-refractivity contribution is 7.22. The molecule has 0 aliphatic heterocycles. The first-order valence-electron chi connectivity index (χ1n) is 5.10. The Balaban J connectivity index is 2.11. The predicted octanol–water partition coefficient (Wildman–Crippen LogP) is 2.92. The van der Waals surface area contributed by atoms with Crippen LogP contribution in [-0.4, -0.2) is 37.1 Å². The number of thiazole rings is 1. The quantitative estimate of drug-likeness (QED) is 0.911. The van der Waals surface area contributed by atoms with Gasteiger partial charge in [0.05, 0.1) is 15.2 Å². The smallest absolute Gasteiger partial charge is 0.183 e. The number of anilines is 1. The maximum atomic E-state index is 6.09. The van der Waals surface area contributed by atoms with Crippen LogP contribution in [0.15, 0.2) is 18.2 Å². The van der Waals surface area contributed by atoms with E-state index in [0.29, 0.717) is 0 Å². The van der Waals surface area contributed by atoms with Crippen molar-refractivity contribution >= 4 is 38.3 Å². The topological polar surface area (TPSA) is 28.2 Å². The van der Waals surface area contributed by atoms with Crippen molar-refractivity contribution in [2.45, 2.75) is 0 Å². The summed E-state index contributed by atoms with van der Waals surface area (Å²) in [5, 5.41) is 5.01. The van der Waals surface area contributed by atoms with Crippen molar-refractivity contribution in [3.05, 3.63) is 23.2 Å². The normalized spacial score (nSPS) is 11.2. The summed E-state index contributed by atoms with van der Waals surface area (Å²) in [5.41, 5.74) is 0.963. The monoisotopic (exact) mass is 255 g/mol. The molecule has 0 spiro atoms. The van der Waals surface area contributed by atoms with E-state index in [4.69, 9.17) is 11.6 Å². The molecule has 1 heterocycles. The van der Waals surface area contributed by atoms with E-state index in [1.165, 1.54) is 0 Å². The summed E-state index contributed by atoms with van der Waals surface area (Å²) in [5.74, 6) is 0. The van der Waals surface area contributed by atoms with E-state index in [0.717, 1.165) is 33.5 Å². The molecular formula is C11H14ClN3S. The van der Waals surface area contributed by atoms with Crippen molar-refractivity contribution in [3.8, 4) is 0 Å². The van der Waals surface area contributed by atoms with E-state index >= 15 is 0 Å². The van der Waals surface area contributed by atoms with E-state index in [9.17, 15) is 0 Å². The van der Waals surface area contributed by atoms with Gasteiger partial charge in [-0.3, -0.25) is 0 Å². The number of aromatic nitrogens is 1. The highest BCUT2D eigenvalue weighted by Gasteiger charge is 2.05. The van der Waals surface area contributed by atoms with Crippen molar-refractivity contribution in [2.75, 3.05) is 32.5 Å². The van der Waals surface area contributed by atoms with E-state index in [-0.39, 0.29) is 0 Å². The van der Waals surface area contributed by atoms with Gasteiger partial charge in [-0.05, 0) is 26.2 Å². The van der Waals surface area contributed by atoms with E-state index < -0.39 is 0 Å². The highest BCUT2D eigenvalue weighted by atomic mass is 35.5. The molecule has 0 amide bonds. The predicted molar refractivity (Wildman–Crippen MR) is 71.7 cm³/mol. The molecule has 0 bridgehead atoms. The summed E-state index contributed by atoms with van der Waals surface area (Å²) in [7, 11) is 4.10. The van der Waals surface area contributed by atoms with Crippen LogP contribution in [0.25, 0.3) is 10.2 Å². The average molecular weight is 256 g/mol. The third-order valence-electron chi connectivity index (χ3n) is 2.20. The van der Waals surface area contributed by atoms with Gasteiger partial charge < -0.3 is 10.2 Å². The number of halogens is 1. The molecule has 1 N–H and O–H groups in total. The maximum Gasteiger partial charge on any atom is 0.183 e. The van der Waals surface area contributed by atoms with Gasteiger partial charge >= 0.3 is 0 Å². The molecular weight excluding hydrogens is 242 g/mol. The molecule has 0 aliphatic rings. The van der Waals surface area contributed by atoms with Crippen LogP contribution in [0, 0.1) is 0 Å². The molecule has 0 radical (unpaired) electrons. The van der Waals surface area contributed by atoms with E-state index in [1.54, 1.807) is 11.3 Å². The number of hydrogen-bond acceptors (Lipinski definition) is 4. The van der Waals surface area contributed by atoms with E-state index in [1.807, 2.05) is 18.2 Å². The van der Waals surface area contributed by atoms with Crippen LogP contribution in [0.5, 0.6) is 0 Å². The Hall–Kier alpha value is -0.840. The Morgan fingerprint density at radius 3 is 2.94 bits per heavy atom. The van der Waals surface area contributed by atoms with Crippen LogP contribution in [-0.2, 0) is 0 Å². The van der Waals surface area contributed by atoms with Gasteiger partial charge in [0.15, 0.2) is 5.13 Å². The maximum absolute atomic E-state index is 6.09. The zero-order chi connectivity index (χ0) is 11.5. The molecule has 0 saturated carbocycles. The Labute approximate surface area is 104 Å².